The molecule has 0 unspecified atom stereocenters. The van der Waals surface area contributed by atoms with E-state index in [-0.39, 0.29) is 11.1 Å². The first kappa shape index (κ1) is 30.8. The zero-order valence-corrected chi connectivity index (χ0v) is 26.1. The number of hydrogen-bond donors (Lipinski definition) is 3. The fourth-order valence-electron chi connectivity index (χ4n) is 6.22. The molecule has 0 amide bonds. The number of nitrogens with one attached hydrogen (secondary N) is 2. The van der Waals surface area contributed by atoms with Gasteiger partial charge in [0.1, 0.15) is 17.3 Å². The zero-order valence-electron chi connectivity index (χ0n) is 26.1. The van der Waals surface area contributed by atoms with E-state index in [0.717, 1.165) is 24.9 Å². The van der Waals surface area contributed by atoms with Crippen LogP contribution in [0.25, 0.3) is 27.7 Å². The van der Waals surface area contributed by atoms with Crippen molar-refractivity contribution in [1.82, 2.24) is 24.6 Å². The Morgan fingerprint density at radius 3 is 2.67 bits per heavy atom. The number of H-pyrrole nitrogens is 1. The lowest BCUT2D eigenvalue weighted by molar-refractivity contribution is 0.282. The summed E-state index contributed by atoms with van der Waals surface area (Å²) in [5.74, 6) is -0.236. The third kappa shape index (κ3) is 5.36. The molecule has 1 fully saturated rings. The van der Waals surface area contributed by atoms with Crippen molar-refractivity contribution in [3.05, 3.63) is 110 Å². The van der Waals surface area contributed by atoms with E-state index in [9.17, 15) is 20.0 Å². The first-order valence-electron chi connectivity index (χ1n) is 15.1. The number of aliphatic hydroxyl groups is 1. The number of halogens is 1. The van der Waals surface area contributed by atoms with Crippen LogP contribution in [0.3, 0.4) is 0 Å². The van der Waals surface area contributed by atoms with Crippen molar-refractivity contribution in [2.75, 3.05) is 18.9 Å². The second-order valence-corrected chi connectivity index (χ2v) is 12.3. The Morgan fingerprint density at radius 1 is 1.20 bits per heavy atom. The molecule has 1 atom stereocenters. The molecule has 0 spiro atoms. The summed E-state index contributed by atoms with van der Waals surface area (Å²) in [6.45, 7) is 5.70. The maximum Gasteiger partial charge on any atom is 0.288 e. The molecule has 0 radical (unpaired) electrons. The van der Waals surface area contributed by atoms with Crippen LogP contribution in [-0.4, -0.2) is 43.3 Å². The fourth-order valence-corrected chi connectivity index (χ4v) is 6.22. The summed E-state index contributed by atoms with van der Waals surface area (Å²) in [5, 5.41) is 30.3. The third-order valence-electron chi connectivity index (χ3n) is 8.95. The number of likely N-dealkylation sites (tertiary alicyclic amines) is 1. The molecule has 0 saturated carbocycles. The van der Waals surface area contributed by atoms with E-state index in [1.54, 1.807) is 51.1 Å². The Morgan fingerprint density at radius 2 is 2.00 bits per heavy atom. The Bertz CT molecular complexity index is 2130. The smallest absolute Gasteiger partial charge is 0.288 e. The van der Waals surface area contributed by atoms with Gasteiger partial charge in [0.05, 0.1) is 34.9 Å². The monoisotopic (exact) mass is 619 g/mol. The summed E-state index contributed by atoms with van der Waals surface area (Å²) in [4.78, 5) is 33.5. The van der Waals surface area contributed by atoms with Crippen LogP contribution in [0.1, 0.15) is 55.0 Å². The van der Waals surface area contributed by atoms with Crippen molar-refractivity contribution in [2.45, 2.75) is 51.7 Å². The highest BCUT2D eigenvalue weighted by Gasteiger charge is 2.25. The van der Waals surface area contributed by atoms with Gasteiger partial charge in [-0.05, 0) is 94.1 Å². The Hall–Kier alpha value is -5.18. The molecule has 0 bridgehead atoms. The van der Waals surface area contributed by atoms with Gasteiger partial charge >= 0.3 is 0 Å². The molecule has 2 aromatic carbocycles. The Balaban J connectivity index is 1.40. The normalized spacial score (nSPS) is 15.3. The molecular weight excluding hydrogens is 585 g/mol. The Kier molecular flexibility index (Phi) is 8.02. The summed E-state index contributed by atoms with van der Waals surface area (Å²) in [6.07, 6.45) is 5.56. The number of benzene rings is 2. The first-order chi connectivity index (χ1) is 22.0. The zero-order chi connectivity index (χ0) is 32.7. The van der Waals surface area contributed by atoms with Crippen molar-refractivity contribution in [3.8, 4) is 23.0 Å². The molecule has 3 aromatic heterocycles. The summed E-state index contributed by atoms with van der Waals surface area (Å²) in [7, 11) is 2.10. The number of nitrogens with zero attached hydrogens (tertiary/aromatic N) is 5. The number of hydrogen-bond acceptors (Lipinski definition) is 8. The van der Waals surface area contributed by atoms with E-state index in [1.807, 2.05) is 18.3 Å². The van der Waals surface area contributed by atoms with Gasteiger partial charge in [0.25, 0.3) is 11.1 Å². The van der Waals surface area contributed by atoms with Crippen LogP contribution in [0.5, 0.6) is 0 Å². The van der Waals surface area contributed by atoms with Gasteiger partial charge in [-0.25, -0.2) is 14.5 Å². The van der Waals surface area contributed by atoms with Crippen molar-refractivity contribution in [2.24, 2.45) is 0 Å². The summed E-state index contributed by atoms with van der Waals surface area (Å²) in [5.41, 5.74) is 1.93. The topological polar surface area (TPSA) is 140 Å². The molecular formula is C35H34FN7O3. The first-order valence-corrected chi connectivity index (χ1v) is 15.1. The number of aliphatic hydroxyl groups excluding tert-OH is 1. The molecule has 0 aliphatic carbocycles. The second kappa shape index (κ2) is 12.0. The van der Waals surface area contributed by atoms with Gasteiger partial charge in [0.15, 0.2) is 0 Å². The molecule has 46 heavy (non-hydrogen) atoms. The van der Waals surface area contributed by atoms with Crippen molar-refractivity contribution >= 4 is 22.3 Å². The highest BCUT2D eigenvalue weighted by molar-refractivity contribution is 5.84. The van der Waals surface area contributed by atoms with Crippen LogP contribution in [0.15, 0.2) is 70.5 Å². The maximum atomic E-state index is 15.4. The standard InChI is InChI=1S/C35H34FN7O3/c1-20-31(40-41-33(45)32(20)39-29-11-10-22(17-38-29)27-9-6-13-42(27)4)24-7-5-8-28(25(24)18-44)43-14-12-21-15-23(35(2,3)19-37)16-26(36)30(21)34(43)46/h5,7-8,10-12,14-17,27,44H,6,9,13,18H2,1-4H3,(H,41,45)(H,38,39,40)/t27-/m0/s1. The minimum absolute atomic E-state index is 0.128. The van der Waals surface area contributed by atoms with Gasteiger partial charge < -0.3 is 10.4 Å². The predicted molar refractivity (Wildman–Crippen MR) is 175 cm³/mol. The molecule has 4 heterocycles. The lowest BCUT2D eigenvalue weighted by Crippen LogP contribution is -2.22. The van der Waals surface area contributed by atoms with Crippen LogP contribution < -0.4 is 16.4 Å². The van der Waals surface area contributed by atoms with E-state index < -0.39 is 29.0 Å². The van der Waals surface area contributed by atoms with E-state index in [4.69, 9.17) is 0 Å². The summed E-state index contributed by atoms with van der Waals surface area (Å²) < 4.78 is 16.7. The number of rotatable bonds is 7. The molecule has 5 aromatic rings. The molecule has 1 aliphatic heterocycles. The number of fused-ring (bicyclic) bond motifs is 1. The largest absolute Gasteiger partial charge is 0.392 e. The molecule has 10 nitrogen and oxygen atoms in total. The van der Waals surface area contributed by atoms with Crippen molar-refractivity contribution in [1.29, 1.82) is 5.26 Å². The SMILES string of the molecule is Cc1c(-c2cccc(-n3ccc4cc(C(C)(C)C#N)cc(F)c4c3=O)c2CO)n[nH]c(=O)c1Nc1ccc([C@@H]2CCCN2C)cn1. The molecule has 1 saturated heterocycles. The fraction of sp³-hybridized carbons (Fsp3) is 0.286. The lowest BCUT2D eigenvalue weighted by Gasteiger charge is -2.20. The summed E-state index contributed by atoms with van der Waals surface area (Å²) in [6, 6.07) is 15.9. The molecule has 234 valence electrons. The van der Waals surface area contributed by atoms with E-state index >= 15 is 4.39 Å². The highest BCUT2D eigenvalue weighted by atomic mass is 19.1. The second-order valence-electron chi connectivity index (χ2n) is 12.3. The number of aromatic nitrogens is 4. The van der Waals surface area contributed by atoms with Gasteiger partial charge in [0, 0.05) is 35.1 Å². The van der Waals surface area contributed by atoms with Gasteiger partial charge in [-0.3, -0.25) is 19.1 Å². The quantitative estimate of drug-likeness (QED) is 0.220. The number of aromatic amines is 1. The van der Waals surface area contributed by atoms with Gasteiger partial charge in [-0.2, -0.15) is 10.4 Å². The average molecular weight is 620 g/mol. The molecule has 11 heteroatoms. The van der Waals surface area contributed by atoms with Gasteiger partial charge in [-0.15, -0.1) is 0 Å². The maximum absolute atomic E-state index is 15.4. The van der Waals surface area contributed by atoms with E-state index in [1.165, 1.54) is 16.8 Å². The van der Waals surface area contributed by atoms with Gasteiger partial charge in [0.2, 0.25) is 0 Å². The number of pyridine rings is 2. The third-order valence-corrected chi connectivity index (χ3v) is 8.95. The predicted octanol–water partition coefficient (Wildman–Crippen LogP) is 5.39. The minimum atomic E-state index is -0.941. The van der Waals surface area contributed by atoms with Crippen LogP contribution in [0.2, 0.25) is 0 Å². The Labute approximate surface area is 264 Å². The van der Waals surface area contributed by atoms with Crippen molar-refractivity contribution in [3.63, 3.8) is 0 Å². The van der Waals surface area contributed by atoms with Crippen LogP contribution in [0.4, 0.5) is 15.9 Å². The van der Waals surface area contributed by atoms with Gasteiger partial charge in [-0.1, -0.05) is 18.2 Å². The van der Waals surface area contributed by atoms with E-state index in [2.05, 4.69) is 38.5 Å². The minimum Gasteiger partial charge on any atom is -0.392 e. The average Bonchev–Trinajstić information content (AvgIpc) is 3.48. The number of anilines is 2. The summed E-state index contributed by atoms with van der Waals surface area (Å²) >= 11 is 0. The van der Waals surface area contributed by atoms with Crippen LogP contribution >= 0.6 is 0 Å². The highest BCUT2D eigenvalue weighted by Crippen LogP contribution is 2.33. The van der Waals surface area contributed by atoms with Crippen LogP contribution in [0, 0.1) is 24.1 Å². The van der Waals surface area contributed by atoms with Crippen LogP contribution in [-0.2, 0) is 12.0 Å². The molecule has 6 rings (SSSR count). The van der Waals surface area contributed by atoms with E-state index in [0.29, 0.717) is 50.9 Å². The molecule has 3 N–H and O–H groups in total. The lowest BCUT2D eigenvalue weighted by atomic mass is 9.85. The van der Waals surface area contributed by atoms with Crippen molar-refractivity contribution < 1.29 is 9.50 Å². The number of nitriles is 1. The molecule has 1 aliphatic rings.